The van der Waals surface area contributed by atoms with Gasteiger partial charge in [0.15, 0.2) is 0 Å². The lowest BCUT2D eigenvalue weighted by molar-refractivity contribution is 0.542. The van der Waals surface area contributed by atoms with Crippen molar-refractivity contribution in [1.29, 1.82) is 5.26 Å². The summed E-state index contributed by atoms with van der Waals surface area (Å²) in [6, 6.07) is 99.9. The molecule has 0 radical (unpaired) electrons. The first-order chi connectivity index (χ1) is 49.3. The van der Waals surface area contributed by atoms with E-state index in [0.717, 1.165) is 31.4 Å². The van der Waals surface area contributed by atoms with Crippen LogP contribution >= 0.6 is 11.3 Å². The normalized spacial score (nSPS) is 17.4. The van der Waals surface area contributed by atoms with E-state index in [1.54, 1.807) is 0 Å². The number of rotatable bonds is 8. The Morgan fingerprint density at radius 2 is 1.00 bits per heavy atom. The summed E-state index contributed by atoms with van der Waals surface area (Å²) in [7, 11) is 0. The number of hydrogen-bond acceptors (Lipinski definition) is 3. The van der Waals surface area contributed by atoms with Crippen molar-refractivity contribution >= 4 is 131 Å². The maximum absolute atomic E-state index is 9.60. The fourth-order valence-corrected chi connectivity index (χ4v) is 19.4. The van der Waals surface area contributed by atoms with Crippen molar-refractivity contribution in [2.75, 3.05) is 4.90 Å². The highest BCUT2D eigenvalue weighted by molar-refractivity contribution is 7.26. The number of anilines is 1. The zero-order valence-electron chi connectivity index (χ0n) is 55.4. The molecule has 3 aliphatic carbocycles. The molecule has 17 aromatic rings. The number of aromatic nitrogens is 4. The van der Waals surface area contributed by atoms with E-state index < -0.39 is 0 Å². The summed E-state index contributed by atoms with van der Waals surface area (Å²) in [4.78, 5) is 2.75. The Bertz CT molecular complexity index is 6540. The molecule has 474 valence electrons. The van der Waals surface area contributed by atoms with Gasteiger partial charge >= 0.3 is 0 Å². The average molecular weight is 1300 g/mol. The van der Waals surface area contributed by atoms with Crippen LogP contribution in [0.1, 0.15) is 84.9 Å². The molecule has 0 amide bonds. The second-order valence-corrected chi connectivity index (χ2v) is 29.3. The molecule has 7 heteroatoms. The highest BCUT2D eigenvalue weighted by atomic mass is 32.1. The average Bonchev–Trinajstić information content (AvgIpc) is 1.60. The third-order valence-corrected chi connectivity index (χ3v) is 23.8. The van der Waals surface area contributed by atoms with E-state index in [1.807, 2.05) is 23.5 Å². The van der Waals surface area contributed by atoms with E-state index in [4.69, 9.17) is 0 Å². The van der Waals surface area contributed by atoms with Gasteiger partial charge < -0.3 is 23.2 Å². The van der Waals surface area contributed by atoms with Crippen molar-refractivity contribution in [3.05, 3.63) is 324 Å². The van der Waals surface area contributed by atoms with Gasteiger partial charge in [-0.3, -0.25) is 0 Å². The largest absolute Gasteiger partial charge is 0.341 e. The summed E-state index contributed by atoms with van der Waals surface area (Å²) in [6.45, 7) is 4.75. The van der Waals surface area contributed by atoms with Gasteiger partial charge in [0.05, 0.1) is 60.6 Å². The Morgan fingerprint density at radius 3 is 1.75 bits per heavy atom. The molecule has 0 saturated heterocycles. The van der Waals surface area contributed by atoms with Gasteiger partial charge in [-0.05, 0) is 228 Å². The maximum Gasteiger partial charge on any atom is 0.0991 e. The molecule has 1 aliphatic heterocycles. The summed E-state index contributed by atoms with van der Waals surface area (Å²) in [5.41, 5.74) is 28.3. The minimum atomic E-state index is 0.274. The van der Waals surface area contributed by atoms with Crippen molar-refractivity contribution in [2.24, 2.45) is 5.92 Å². The molecule has 6 nitrogen and oxygen atoms in total. The second-order valence-electron chi connectivity index (χ2n) is 28.3. The predicted octanol–water partition coefficient (Wildman–Crippen LogP) is 24.5. The van der Waals surface area contributed by atoms with Crippen LogP contribution in [-0.2, 0) is 0 Å². The van der Waals surface area contributed by atoms with Crippen molar-refractivity contribution in [1.82, 2.24) is 18.3 Å². The Labute approximate surface area is 583 Å². The van der Waals surface area contributed by atoms with Crippen LogP contribution < -0.4 is 4.90 Å². The van der Waals surface area contributed by atoms with Gasteiger partial charge in [0, 0.05) is 99.3 Å². The highest BCUT2D eigenvalue weighted by Crippen LogP contribution is 2.53. The number of allylic oxidation sites excluding steroid dienone is 6. The first-order valence-corrected chi connectivity index (χ1v) is 36.2. The minimum Gasteiger partial charge on any atom is -0.341 e. The summed E-state index contributed by atoms with van der Waals surface area (Å²) in [5.74, 6) is 1.02. The van der Waals surface area contributed by atoms with Crippen molar-refractivity contribution in [2.45, 2.75) is 57.4 Å². The lowest BCUT2D eigenvalue weighted by Crippen LogP contribution is -2.35. The van der Waals surface area contributed by atoms with Crippen LogP contribution in [0.4, 0.5) is 5.69 Å². The van der Waals surface area contributed by atoms with Crippen LogP contribution in [0.5, 0.6) is 0 Å². The molecule has 0 bridgehead atoms. The molecule has 5 aromatic heterocycles. The molecule has 4 aliphatic rings. The first kappa shape index (κ1) is 57.2. The monoisotopic (exact) mass is 1300 g/mol. The first-order valence-electron chi connectivity index (χ1n) is 35.3. The molecule has 100 heavy (non-hydrogen) atoms. The molecule has 6 heterocycles. The summed E-state index contributed by atoms with van der Waals surface area (Å²) in [5, 5.41) is 21.0. The van der Waals surface area contributed by atoms with Crippen LogP contribution in [0.25, 0.3) is 148 Å². The Kier molecular flexibility index (Phi) is 12.6. The fourth-order valence-electron chi connectivity index (χ4n) is 18.2. The highest BCUT2D eigenvalue weighted by Gasteiger charge is 2.42. The summed E-state index contributed by atoms with van der Waals surface area (Å²) < 4.78 is 12.3. The van der Waals surface area contributed by atoms with Crippen LogP contribution in [0, 0.1) is 17.2 Å². The summed E-state index contributed by atoms with van der Waals surface area (Å²) >= 11 is 1.91. The lowest BCUT2D eigenvalue weighted by atomic mass is 9.81. The molecule has 0 spiro atoms. The van der Waals surface area contributed by atoms with Gasteiger partial charge in [-0.2, -0.15) is 5.26 Å². The van der Waals surface area contributed by atoms with Gasteiger partial charge in [-0.15, -0.1) is 11.3 Å². The van der Waals surface area contributed by atoms with Gasteiger partial charge in [0.2, 0.25) is 0 Å². The molecular weight excluding hydrogens is 1230 g/mol. The topological polar surface area (TPSA) is 46.8 Å². The Hall–Kier alpha value is -12.0. The van der Waals surface area contributed by atoms with Gasteiger partial charge in [-0.1, -0.05) is 159 Å². The SMILES string of the molecule is CC1C=C(c2ccc3sc4c(-n5c6ccccc6c6cc(-c7ccc8c(c7)c7c(n8-c8ccc(C#N)cc8)C=CCC7C)ccc65)cccc4c3c2)C=C(N2c3ccccc3C3C=C(c4ccc5c(c4)c4ccccc4n5-c4ccc5c(c4)c4ccccc4n5-c4ccccc4)CCC32)C1. The summed E-state index contributed by atoms with van der Waals surface area (Å²) in [6.07, 6.45) is 16.4. The number of benzene rings is 12. The number of para-hydroxylation sites is 5. The predicted molar refractivity (Wildman–Crippen MR) is 420 cm³/mol. The minimum absolute atomic E-state index is 0.274. The molecule has 0 saturated carbocycles. The lowest BCUT2D eigenvalue weighted by Gasteiger charge is -2.36. The number of nitrogens with zero attached hydrogens (tertiary/aromatic N) is 6. The molecule has 12 aromatic carbocycles. The van der Waals surface area contributed by atoms with E-state index in [-0.39, 0.29) is 5.92 Å². The quantitative estimate of drug-likeness (QED) is 0.152. The third kappa shape index (κ3) is 8.54. The van der Waals surface area contributed by atoms with Gasteiger partial charge in [-0.25, -0.2) is 0 Å². The molecule has 4 atom stereocenters. The number of nitriles is 1. The van der Waals surface area contributed by atoms with E-state index in [9.17, 15) is 5.26 Å². The van der Waals surface area contributed by atoms with Crippen LogP contribution in [0.3, 0.4) is 0 Å². The standard InChI is InChI=1S/C93H66N6S/c1-56-46-64(63-36-45-91-78(52-63)73-23-15-29-90(93(73)100-91)99-83-27-13-9-21-71(83)76-51-61(34-42-87(76)99)62-35-43-88-79(53-62)92-57(2)16-14-28-89(92)96(88)66-37-30-58(55-94)31-38-66)48-68(47-56)98-82-26-12-7-20-70(82)75-50-60(33-41-85(75)98)59-32-40-84-74(49-59)69-19-6-11-25-81(69)97(84)67-39-44-86-77(54-67)72-22-8-10-24-80(72)95(86)65-17-4-3-5-18-65/h3-15,17-32,34-40,42-46,48-54,56-57,75,85H,16,33,41,47H2,1-2H3. The number of fused-ring (bicyclic) bond motifs is 18. The zero-order valence-corrected chi connectivity index (χ0v) is 56.3. The smallest absolute Gasteiger partial charge is 0.0991 e. The molecule has 21 rings (SSSR count). The van der Waals surface area contributed by atoms with Crippen LogP contribution in [-0.4, -0.2) is 24.3 Å². The Balaban J connectivity index is 0.602. The number of thiophene rings is 1. The Morgan fingerprint density at radius 1 is 0.440 bits per heavy atom. The van der Waals surface area contributed by atoms with Gasteiger partial charge in [0.25, 0.3) is 0 Å². The molecule has 0 fully saturated rings. The fraction of sp³-hybridized carbons (Fsp3) is 0.108. The van der Waals surface area contributed by atoms with E-state index in [2.05, 4.69) is 322 Å². The van der Waals surface area contributed by atoms with Gasteiger partial charge in [0.1, 0.15) is 0 Å². The van der Waals surface area contributed by atoms with Crippen LogP contribution in [0.15, 0.2) is 291 Å². The van der Waals surface area contributed by atoms with Crippen molar-refractivity contribution in [3.63, 3.8) is 0 Å². The molecule has 0 N–H and O–H groups in total. The number of hydrogen-bond donors (Lipinski definition) is 0. The molecular formula is C93H66N6S. The second kappa shape index (κ2) is 22.0. The van der Waals surface area contributed by atoms with Crippen molar-refractivity contribution in [3.8, 4) is 39.9 Å². The van der Waals surface area contributed by atoms with Crippen molar-refractivity contribution < 1.29 is 0 Å². The van der Waals surface area contributed by atoms with E-state index in [1.165, 1.54) is 175 Å². The molecule has 4 unspecified atom stereocenters. The van der Waals surface area contributed by atoms with E-state index in [0.29, 0.717) is 23.4 Å². The van der Waals surface area contributed by atoms with Crippen LogP contribution in [0.2, 0.25) is 0 Å². The maximum atomic E-state index is 9.60. The van der Waals surface area contributed by atoms with E-state index >= 15 is 0 Å². The zero-order chi connectivity index (χ0) is 66.0. The third-order valence-electron chi connectivity index (χ3n) is 22.6.